The summed E-state index contributed by atoms with van der Waals surface area (Å²) >= 11 is 3.29. The molecule has 3 aromatic rings. The Kier molecular flexibility index (Phi) is 8.64. The summed E-state index contributed by atoms with van der Waals surface area (Å²) in [4.78, 5) is 72.4. The number of carbonyl (C=O) groups excluding carboxylic acids is 5. The molecular weight excluding hydrogens is 590 g/mol. The monoisotopic (exact) mass is 609 g/mol. The van der Waals surface area contributed by atoms with E-state index < -0.39 is 52.7 Å². The minimum absolute atomic E-state index is 0.206. The smallest absolute Gasteiger partial charge is 0.343 e. The molecule has 0 saturated carbocycles. The number of esters is 2. The quantitative estimate of drug-likeness (QED) is 0.126. The van der Waals surface area contributed by atoms with Crippen molar-refractivity contribution in [3.63, 3.8) is 0 Å². The summed E-state index contributed by atoms with van der Waals surface area (Å²) in [7, 11) is 0. The number of para-hydroxylation sites is 1. The van der Waals surface area contributed by atoms with Crippen LogP contribution in [0.25, 0.3) is 0 Å². The molecule has 13 heteroatoms. The van der Waals surface area contributed by atoms with E-state index in [9.17, 15) is 34.1 Å². The predicted molar refractivity (Wildman–Crippen MR) is 141 cm³/mol. The lowest BCUT2D eigenvalue weighted by Crippen LogP contribution is -2.43. The highest BCUT2D eigenvalue weighted by Crippen LogP contribution is 2.21. The van der Waals surface area contributed by atoms with Gasteiger partial charge in [0.1, 0.15) is 11.3 Å². The molecule has 0 unspecified atom stereocenters. The zero-order valence-electron chi connectivity index (χ0n) is 20.6. The molecule has 1 aliphatic heterocycles. The number of Topliss-reactive ketones (excluding diaryl/α,β-unsaturated/α-hetero) is 1. The third-order valence-corrected chi connectivity index (χ3v) is 6.38. The second kappa shape index (κ2) is 12.3. The van der Waals surface area contributed by atoms with Crippen LogP contribution in [0.3, 0.4) is 0 Å². The first-order valence-electron chi connectivity index (χ1n) is 11.7. The summed E-state index contributed by atoms with van der Waals surface area (Å²) in [6, 6.07) is 17.5. The van der Waals surface area contributed by atoms with Gasteiger partial charge in [-0.2, -0.15) is 0 Å². The standard InChI is InChI=1S/C27H20BrN3O9/c28-19-9-5-17(6-10-19)27(36)40-20-11-7-16(8-12-20)23(32)15-39-26(35)18-13-24(33)30(14-18)29-25(34)21-3-1-2-4-22(21)31(37)38/h1-12,18H,13-15H2,(H,29,34)/t18-/m0/s1. The van der Waals surface area contributed by atoms with Gasteiger partial charge in [0, 0.05) is 22.5 Å². The first-order valence-corrected chi connectivity index (χ1v) is 12.5. The molecule has 0 spiro atoms. The Morgan fingerprint density at radius 3 is 2.30 bits per heavy atom. The minimum Gasteiger partial charge on any atom is -0.457 e. The summed E-state index contributed by atoms with van der Waals surface area (Å²) in [6.07, 6.45) is -0.275. The Labute approximate surface area is 235 Å². The molecule has 1 saturated heterocycles. The van der Waals surface area contributed by atoms with E-state index in [1.807, 2.05) is 0 Å². The Morgan fingerprint density at radius 2 is 1.62 bits per heavy atom. The van der Waals surface area contributed by atoms with Gasteiger partial charge < -0.3 is 9.47 Å². The van der Waals surface area contributed by atoms with E-state index in [1.165, 1.54) is 42.5 Å². The summed E-state index contributed by atoms with van der Waals surface area (Å²) in [5.41, 5.74) is 2.15. The minimum atomic E-state index is -0.952. The number of nitro groups is 1. The zero-order chi connectivity index (χ0) is 28.8. The molecular formula is C27H20BrN3O9. The summed E-state index contributed by atoms with van der Waals surface area (Å²) < 4.78 is 11.2. The molecule has 1 aliphatic rings. The van der Waals surface area contributed by atoms with E-state index in [0.717, 1.165) is 15.5 Å². The van der Waals surface area contributed by atoms with Gasteiger partial charge in [-0.15, -0.1) is 0 Å². The van der Waals surface area contributed by atoms with Crippen LogP contribution < -0.4 is 10.2 Å². The number of nitro benzene ring substituents is 1. The van der Waals surface area contributed by atoms with Crippen LogP contribution in [-0.4, -0.2) is 52.6 Å². The lowest BCUT2D eigenvalue weighted by atomic mass is 10.1. The number of carbonyl (C=O) groups is 5. The van der Waals surface area contributed by atoms with E-state index in [4.69, 9.17) is 9.47 Å². The van der Waals surface area contributed by atoms with Crippen molar-refractivity contribution in [1.29, 1.82) is 0 Å². The van der Waals surface area contributed by atoms with Crippen molar-refractivity contribution < 1.29 is 38.4 Å². The fourth-order valence-corrected chi connectivity index (χ4v) is 4.04. The molecule has 0 aliphatic carbocycles. The number of benzene rings is 3. The number of ether oxygens (including phenoxy) is 2. The van der Waals surface area contributed by atoms with Crippen molar-refractivity contribution in [3.8, 4) is 5.75 Å². The topological polar surface area (TPSA) is 162 Å². The molecule has 3 aromatic carbocycles. The first-order chi connectivity index (χ1) is 19.1. The summed E-state index contributed by atoms with van der Waals surface area (Å²) in [5.74, 6) is -4.11. The molecule has 12 nitrogen and oxygen atoms in total. The second-order valence-corrected chi connectivity index (χ2v) is 9.49. The molecule has 40 heavy (non-hydrogen) atoms. The Hall–Kier alpha value is -4.91. The van der Waals surface area contributed by atoms with Crippen LogP contribution in [0.2, 0.25) is 0 Å². The largest absolute Gasteiger partial charge is 0.457 e. The molecule has 0 bridgehead atoms. The average molecular weight is 610 g/mol. The van der Waals surface area contributed by atoms with E-state index in [2.05, 4.69) is 21.4 Å². The number of nitrogens with zero attached hydrogens (tertiary/aromatic N) is 2. The fraction of sp³-hybridized carbons (Fsp3) is 0.148. The highest BCUT2D eigenvalue weighted by molar-refractivity contribution is 9.10. The Morgan fingerprint density at radius 1 is 0.975 bits per heavy atom. The van der Waals surface area contributed by atoms with Crippen LogP contribution in [0.5, 0.6) is 5.75 Å². The van der Waals surface area contributed by atoms with E-state index in [1.54, 1.807) is 24.3 Å². The number of halogens is 1. The molecule has 1 atom stereocenters. The van der Waals surface area contributed by atoms with Gasteiger partial charge in [0.05, 0.1) is 22.9 Å². The molecule has 0 aromatic heterocycles. The van der Waals surface area contributed by atoms with Crippen LogP contribution in [0.4, 0.5) is 5.69 Å². The van der Waals surface area contributed by atoms with Gasteiger partial charge in [-0.25, -0.2) is 4.79 Å². The normalized spacial score (nSPS) is 14.4. The van der Waals surface area contributed by atoms with Gasteiger partial charge in [0.2, 0.25) is 5.91 Å². The van der Waals surface area contributed by atoms with Crippen LogP contribution >= 0.6 is 15.9 Å². The molecule has 2 amide bonds. The number of amides is 2. The van der Waals surface area contributed by atoms with Crippen molar-refractivity contribution in [2.24, 2.45) is 5.92 Å². The number of nitrogens with one attached hydrogen (secondary N) is 1. The zero-order valence-corrected chi connectivity index (χ0v) is 22.2. The Bertz CT molecular complexity index is 1490. The molecule has 1 N–H and O–H groups in total. The SMILES string of the molecule is O=C(COC(=O)[C@H]1CC(=O)N(NC(=O)c2ccccc2[N+](=O)[O-])C1)c1ccc(OC(=O)c2ccc(Br)cc2)cc1. The highest BCUT2D eigenvalue weighted by atomic mass is 79.9. The highest BCUT2D eigenvalue weighted by Gasteiger charge is 2.37. The second-order valence-electron chi connectivity index (χ2n) is 8.57. The molecule has 204 valence electrons. The number of ketones is 1. The van der Waals surface area contributed by atoms with Crippen LogP contribution in [0.15, 0.2) is 77.3 Å². The molecule has 1 heterocycles. The lowest BCUT2D eigenvalue weighted by Gasteiger charge is -2.17. The van der Waals surface area contributed by atoms with Crippen molar-refractivity contribution >= 4 is 51.2 Å². The number of hydrogen-bond donors (Lipinski definition) is 1. The van der Waals surface area contributed by atoms with Crippen molar-refractivity contribution in [3.05, 3.63) is 104 Å². The van der Waals surface area contributed by atoms with Gasteiger partial charge in [-0.3, -0.25) is 39.7 Å². The lowest BCUT2D eigenvalue weighted by molar-refractivity contribution is -0.385. The van der Waals surface area contributed by atoms with Gasteiger partial charge >= 0.3 is 11.9 Å². The van der Waals surface area contributed by atoms with Crippen molar-refractivity contribution in [2.45, 2.75) is 6.42 Å². The third kappa shape index (κ3) is 6.74. The fourth-order valence-electron chi connectivity index (χ4n) is 3.78. The average Bonchev–Trinajstić information content (AvgIpc) is 3.32. The maximum absolute atomic E-state index is 12.5. The van der Waals surface area contributed by atoms with Crippen molar-refractivity contribution in [2.75, 3.05) is 13.2 Å². The van der Waals surface area contributed by atoms with Gasteiger partial charge in [-0.1, -0.05) is 28.1 Å². The van der Waals surface area contributed by atoms with Crippen molar-refractivity contribution in [1.82, 2.24) is 10.4 Å². The van der Waals surface area contributed by atoms with Crippen LogP contribution in [0, 0.1) is 16.0 Å². The third-order valence-electron chi connectivity index (χ3n) is 5.85. The predicted octanol–water partition coefficient (Wildman–Crippen LogP) is 3.50. The van der Waals surface area contributed by atoms with Gasteiger partial charge in [0.15, 0.2) is 12.4 Å². The molecule has 1 fully saturated rings. The maximum atomic E-state index is 12.5. The number of hydrogen-bond acceptors (Lipinski definition) is 9. The van der Waals surface area contributed by atoms with Gasteiger partial charge in [0.25, 0.3) is 11.6 Å². The van der Waals surface area contributed by atoms with E-state index >= 15 is 0 Å². The molecule has 0 radical (unpaired) electrons. The summed E-state index contributed by atoms with van der Waals surface area (Å²) in [5, 5.41) is 12.0. The van der Waals surface area contributed by atoms with Crippen LogP contribution in [-0.2, 0) is 14.3 Å². The molecule has 4 rings (SSSR count). The summed E-state index contributed by atoms with van der Waals surface area (Å²) in [6.45, 7) is -0.819. The Balaban J connectivity index is 1.27. The first kappa shape index (κ1) is 28.1. The number of rotatable bonds is 9. The van der Waals surface area contributed by atoms with Gasteiger partial charge in [-0.05, 0) is 54.6 Å². The maximum Gasteiger partial charge on any atom is 0.343 e. The van der Waals surface area contributed by atoms with E-state index in [-0.39, 0.29) is 29.8 Å². The van der Waals surface area contributed by atoms with E-state index in [0.29, 0.717) is 5.56 Å². The number of hydrazine groups is 1. The van der Waals surface area contributed by atoms with Crippen LogP contribution in [0.1, 0.15) is 37.5 Å².